The van der Waals surface area contributed by atoms with Gasteiger partial charge in [-0.15, -0.1) is 0 Å². The molecule has 0 aromatic heterocycles. The zero-order valence-corrected chi connectivity index (χ0v) is 8.69. The highest BCUT2D eigenvalue weighted by atomic mass is 16.2. The molecule has 2 N–H and O–H groups in total. The second kappa shape index (κ2) is 3.44. The highest BCUT2D eigenvalue weighted by Crippen LogP contribution is 2.29. The summed E-state index contributed by atoms with van der Waals surface area (Å²) in [5.74, 6) is -1.92. The number of Topliss-reactive ketones (excluding diaryl/α,β-unsaturated/α-hetero) is 1. The highest BCUT2D eigenvalue weighted by Gasteiger charge is 2.36. The molecule has 1 aliphatic rings. The molecule has 0 spiro atoms. The van der Waals surface area contributed by atoms with Gasteiger partial charge < -0.3 is 5.73 Å². The van der Waals surface area contributed by atoms with Gasteiger partial charge in [-0.1, -0.05) is 11.6 Å². The van der Waals surface area contributed by atoms with Gasteiger partial charge in [-0.25, -0.2) is 0 Å². The van der Waals surface area contributed by atoms with Gasteiger partial charge in [0.25, 0.3) is 11.7 Å². The summed E-state index contributed by atoms with van der Waals surface area (Å²) in [5.41, 5.74) is 6.71. The maximum Gasteiger partial charge on any atom is 0.299 e. The smallest absolute Gasteiger partial charge is 0.299 e. The fourth-order valence-electron chi connectivity index (χ4n) is 1.73. The second-order valence-corrected chi connectivity index (χ2v) is 3.71. The zero-order valence-electron chi connectivity index (χ0n) is 8.69. The van der Waals surface area contributed by atoms with Gasteiger partial charge in [0.1, 0.15) is 6.54 Å². The Morgan fingerprint density at radius 2 is 2.06 bits per heavy atom. The summed E-state index contributed by atoms with van der Waals surface area (Å²) in [5, 5.41) is 0. The molecular formula is C11H10N2O3. The van der Waals surface area contributed by atoms with Crippen LogP contribution in [-0.2, 0) is 9.59 Å². The van der Waals surface area contributed by atoms with Crippen molar-refractivity contribution < 1.29 is 14.4 Å². The van der Waals surface area contributed by atoms with E-state index in [1.165, 1.54) is 0 Å². The van der Waals surface area contributed by atoms with E-state index < -0.39 is 17.6 Å². The number of amides is 2. The van der Waals surface area contributed by atoms with Gasteiger partial charge in [0.2, 0.25) is 5.91 Å². The first-order valence-electron chi connectivity index (χ1n) is 4.76. The zero-order chi connectivity index (χ0) is 11.9. The van der Waals surface area contributed by atoms with E-state index in [0.29, 0.717) is 11.3 Å². The lowest BCUT2D eigenvalue weighted by Gasteiger charge is -2.13. The monoisotopic (exact) mass is 218 g/mol. The normalized spacial score (nSPS) is 14.2. The van der Waals surface area contributed by atoms with E-state index in [1.54, 1.807) is 18.2 Å². The summed E-state index contributed by atoms with van der Waals surface area (Å²) >= 11 is 0. The van der Waals surface area contributed by atoms with E-state index in [0.717, 1.165) is 10.5 Å². The van der Waals surface area contributed by atoms with E-state index >= 15 is 0 Å². The van der Waals surface area contributed by atoms with Crippen molar-refractivity contribution in [2.45, 2.75) is 6.92 Å². The third-order valence-electron chi connectivity index (χ3n) is 2.44. The summed E-state index contributed by atoms with van der Waals surface area (Å²) in [7, 11) is 0. The molecule has 0 aliphatic carbocycles. The second-order valence-electron chi connectivity index (χ2n) is 3.71. The molecule has 0 saturated carbocycles. The molecule has 82 valence electrons. The molecule has 0 radical (unpaired) electrons. The van der Waals surface area contributed by atoms with Crippen LogP contribution >= 0.6 is 0 Å². The van der Waals surface area contributed by atoms with E-state index in [-0.39, 0.29) is 6.54 Å². The molecule has 2 rings (SSSR count). The average Bonchev–Trinajstić information content (AvgIpc) is 2.43. The Bertz CT molecular complexity index is 508. The summed E-state index contributed by atoms with van der Waals surface area (Å²) in [6.07, 6.45) is 0. The first kappa shape index (κ1) is 10.4. The van der Waals surface area contributed by atoms with E-state index in [4.69, 9.17) is 5.73 Å². The van der Waals surface area contributed by atoms with Gasteiger partial charge in [-0.3, -0.25) is 19.3 Å². The molecule has 0 atom stereocenters. The third kappa shape index (κ3) is 1.46. The van der Waals surface area contributed by atoms with Gasteiger partial charge in [-0.2, -0.15) is 0 Å². The third-order valence-corrected chi connectivity index (χ3v) is 2.44. The first-order chi connectivity index (χ1) is 7.50. The molecule has 2 amide bonds. The standard InChI is InChI=1S/C11H10N2O3/c1-6-2-3-8-7(4-6)10(15)11(16)13(8)5-9(12)14/h2-4H,5H2,1H3,(H2,12,14). The van der Waals surface area contributed by atoms with Crippen molar-refractivity contribution in [3.05, 3.63) is 29.3 Å². The predicted molar refractivity (Wildman–Crippen MR) is 57.1 cm³/mol. The van der Waals surface area contributed by atoms with Crippen molar-refractivity contribution in [2.24, 2.45) is 5.73 Å². The minimum absolute atomic E-state index is 0.263. The summed E-state index contributed by atoms with van der Waals surface area (Å²) in [6, 6.07) is 5.06. The minimum atomic E-state index is -0.695. The lowest BCUT2D eigenvalue weighted by Crippen LogP contribution is -2.37. The number of primary amides is 1. The van der Waals surface area contributed by atoms with Crippen LogP contribution in [0.5, 0.6) is 0 Å². The highest BCUT2D eigenvalue weighted by molar-refractivity contribution is 6.52. The number of ketones is 1. The Balaban J connectivity index is 2.50. The van der Waals surface area contributed by atoms with E-state index in [9.17, 15) is 14.4 Å². The quantitative estimate of drug-likeness (QED) is 0.710. The number of nitrogens with zero attached hydrogens (tertiary/aromatic N) is 1. The molecule has 16 heavy (non-hydrogen) atoms. The van der Waals surface area contributed by atoms with Gasteiger partial charge in [-0.05, 0) is 19.1 Å². The molecule has 5 nitrogen and oxygen atoms in total. The summed E-state index contributed by atoms with van der Waals surface area (Å²) in [4.78, 5) is 35.1. The molecule has 1 heterocycles. The predicted octanol–water partition coefficient (Wildman–Crippen LogP) is 0.00962. The maximum atomic E-state index is 11.6. The van der Waals surface area contributed by atoms with Gasteiger partial charge in [0.05, 0.1) is 11.3 Å². The number of fused-ring (bicyclic) bond motifs is 1. The Morgan fingerprint density at radius 3 is 2.69 bits per heavy atom. The lowest BCUT2D eigenvalue weighted by molar-refractivity contribution is -0.119. The SMILES string of the molecule is Cc1ccc2c(c1)C(=O)C(=O)N2CC(N)=O. The van der Waals surface area contributed by atoms with E-state index in [1.807, 2.05) is 6.92 Å². The largest absolute Gasteiger partial charge is 0.368 e. The number of carbonyl (C=O) groups excluding carboxylic acids is 3. The van der Waals surface area contributed by atoms with Gasteiger partial charge in [0, 0.05) is 0 Å². The fraction of sp³-hybridized carbons (Fsp3) is 0.182. The molecule has 1 aromatic carbocycles. The number of rotatable bonds is 2. The molecule has 0 unspecified atom stereocenters. The van der Waals surface area contributed by atoms with Crippen LogP contribution in [-0.4, -0.2) is 24.1 Å². The summed E-state index contributed by atoms with van der Waals surface area (Å²) in [6.45, 7) is 1.56. The lowest BCUT2D eigenvalue weighted by atomic mass is 10.1. The van der Waals surface area contributed by atoms with Crippen LogP contribution in [0.25, 0.3) is 0 Å². The van der Waals surface area contributed by atoms with Gasteiger partial charge >= 0.3 is 0 Å². The molecule has 1 aliphatic heterocycles. The fourth-order valence-corrected chi connectivity index (χ4v) is 1.73. The van der Waals surface area contributed by atoms with Crippen molar-refractivity contribution in [3.8, 4) is 0 Å². The number of hydrogen-bond donors (Lipinski definition) is 1. The average molecular weight is 218 g/mol. The number of benzene rings is 1. The van der Waals surface area contributed by atoms with Crippen LogP contribution in [0, 0.1) is 6.92 Å². The van der Waals surface area contributed by atoms with Crippen LogP contribution in [0.3, 0.4) is 0 Å². The number of hydrogen-bond acceptors (Lipinski definition) is 3. The molecule has 0 saturated heterocycles. The molecule has 0 fully saturated rings. The summed E-state index contributed by atoms with van der Waals surface area (Å²) < 4.78 is 0. The number of nitrogens with two attached hydrogens (primary N) is 1. The maximum absolute atomic E-state index is 11.6. The van der Waals surface area contributed by atoms with Crippen molar-refractivity contribution in [2.75, 3.05) is 11.4 Å². The molecule has 0 bridgehead atoms. The van der Waals surface area contributed by atoms with Crippen LogP contribution in [0.15, 0.2) is 18.2 Å². The number of carbonyl (C=O) groups is 3. The Kier molecular flexibility index (Phi) is 2.23. The van der Waals surface area contributed by atoms with Crippen molar-refractivity contribution in [1.82, 2.24) is 0 Å². The van der Waals surface area contributed by atoms with Crippen LogP contribution < -0.4 is 10.6 Å². The van der Waals surface area contributed by atoms with Crippen molar-refractivity contribution >= 4 is 23.3 Å². The number of aryl methyl sites for hydroxylation is 1. The Hall–Kier alpha value is -2.17. The topological polar surface area (TPSA) is 80.5 Å². The molecule has 1 aromatic rings. The Morgan fingerprint density at radius 1 is 1.38 bits per heavy atom. The van der Waals surface area contributed by atoms with Crippen LogP contribution in [0.4, 0.5) is 5.69 Å². The first-order valence-corrected chi connectivity index (χ1v) is 4.76. The number of anilines is 1. The van der Waals surface area contributed by atoms with E-state index in [2.05, 4.69) is 0 Å². The Labute approximate surface area is 91.8 Å². The van der Waals surface area contributed by atoms with Crippen LogP contribution in [0.1, 0.15) is 15.9 Å². The van der Waals surface area contributed by atoms with Crippen LogP contribution in [0.2, 0.25) is 0 Å². The molecular weight excluding hydrogens is 208 g/mol. The van der Waals surface area contributed by atoms with Crippen molar-refractivity contribution in [1.29, 1.82) is 0 Å². The molecule has 5 heteroatoms. The van der Waals surface area contributed by atoms with Gasteiger partial charge in [0.15, 0.2) is 0 Å². The van der Waals surface area contributed by atoms with Crippen molar-refractivity contribution in [3.63, 3.8) is 0 Å². The minimum Gasteiger partial charge on any atom is -0.368 e.